The summed E-state index contributed by atoms with van der Waals surface area (Å²) in [5, 5.41) is 27.1. The Balaban J connectivity index is 2.23. The van der Waals surface area contributed by atoms with Crippen molar-refractivity contribution in [3.63, 3.8) is 0 Å². The smallest absolute Gasteiger partial charge is 0.328 e. The van der Waals surface area contributed by atoms with Gasteiger partial charge in [-0.05, 0) is 37.3 Å². The predicted octanol–water partition coefficient (Wildman–Crippen LogP) is 1.55. The van der Waals surface area contributed by atoms with Crippen LogP contribution in [0.2, 0.25) is 0 Å². The third-order valence-electron chi connectivity index (χ3n) is 6.68. The van der Waals surface area contributed by atoms with Crippen molar-refractivity contribution >= 4 is 61.5 Å². The lowest BCUT2D eigenvalue weighted by atomic mass is 10.0. The molecule has 0 saturated heterocycles. The van der Waals surface area contributed by atoms with Crippen LogP contribution in [0.3, 0.4) is 0 Å². The van der Waals surface area contributed by atoms with Crippen LogP contribution in [0.4, 0.5) is 0 Å². The van der Waals surface area contributed by atoms with E-state index in [4.69, 9.17) is 15.6 Å². The number of alkyl halides is 2. The maximum Gasteiger partial charge on any atom is 0.328 e. The Morgan fingerprint density at radius 3 is 2.02 bits per heavy atom. The molecule has 0 fully saturated rings. The maximum absolute atomic E-state index is 13.5. The number of aliphatic hydroxyl groups excluding tert-OH is 2. The number of halogens is 2. The number of hydrogen-bond donors (Lipinski definition) is 6. The summed E-state index contributed by atoms with van der Waals surface area (Å²) >= 11 is 6.85. The molecule has 246 valence electrons. The zero-order valence-corrected chi connectivity index (χ0v) is 28.0. The van der Waals surface area contributed by atoms with Crippen molar-refractivity contribution in [3.05, 3.63) is 71.8 Å². The lowest BCUT2D eigenvalue weighted by Crippen LogP contribution is -2.59. The van der Waals surface area contributed by atoms with Gasteiger partial charge in [-0.15, -0.1) is 0 Å². The quantitative estimate of drug-likeness (QED) is 0.0706. The van der Waals surface area contributed by atoms with E-state index in [0.29, 0.717) is 18.4 Å². The van der Waals surface area contributed by atoms with Gasteiger partial charge in [-0.2, -0.15) is 0 Å². The Hall–Kier alpha value is -3.33. The fourth-order valence-corrected chi connectivity index (χ4v) is 5.18. The molecule has 6 atom stereocenters. The minimum Gasteiger partial charge on any atom is -0.464 e. The van der Waals surface area contributed by atoms with E-state index in [2.05, 4.69) is 47.8 Å². The zero-order valence-electron chi connectivity index (χ0n) is 24.9. The van der Waals surface area contributed by atoms with Crippen LogP contribution < -0.4 is 21.7 Å². The normalized spacial score (nSPS) is 15.0. The van der Waals surface area contributed by atoms with Gasteiger partial charge in [0, 0.05) is 19.4 Å². The van der Waals surface area contributed by atoms with Gasteiger partial charge in [0.25, 0.3) is 0 Å². The van der Waals surface area contributed by atoms with Crippen LogP contribution >= 0.6 is 31.9 Å². The number of carbonyl (C=O) groups excluding carboxylic acids is 5. The summed E-state index contributed by atoms with van der Waals surface area (Å²) in [7, 11) is 0. The Labute approximate surface area is 279 Å². The van der Waals surface area contributed by atoms with E-state index < -0.39 is 63.5 Å². The second kappa shape index (κ2) is 19.9. The van der Waals surface area contributed by atoms with Crippen molar-refractivity contribution in [2.24, 2.45) is 5.73 Å². The molecule has 0 bridgehead atoms. The molecule has 14 heteroatoms. The molecule has 0 aliphatic carbocycles. The van der Waals surface area contributed by atoms with Crippen molar-refractivity contribution in [3.8, 4) is 0 Å². The molecule has 0 aliphatic heterocycles. The van der Waals surface area contributed by atoms with Gasteiger partial charge >= 0.3 is 5.97 Å². The number of esters is 1. The summed E-state index contributed by atoms with van der Waals surface area (Å²) in [6, 6.07) is 14.0. The van der Waals surface area contributed by atoms with E-state index in [-0.39, 0.29) is 32.5 Å². The molecular formula is C31H40Br2N4O8. The summed E-state index contributed by atoms with van der Waals surface area (Å²) in [6.07, 6.45) is -0.874. The van der Waals surface area contributed by atoms with Crippen LogP contribution in [-0.4, -0.2) is 82.1 Å². The molecule has 0 aromatic heterocycles. The maximum atomic E-state index is 13.5. The monoisotopic (exact) mass is 754 g/mol. The van der Waals surface area contributed by atoms with Gasteiger partial charge < -0.3 is 36.6 Å². The largest absolute Gasteiger partial charge is 0.464 e. The van der Waals surface area contributed by atoms with Crippen LogP contribution in [0, 0.1) is 0 Å². The van der Waals surface area contributed by atoms with Crippen LogP contribution in [0.5, 0.6) is 0 Å². The van der Waals surface area contributed by atoms with Crippen LogP contribution in [0.1, 0.15) is 48.6 Å². The average molecular weight is 756 g/mol. The van der Waals surface area contributed by atoms with Crippen LogP contribution in [0.15, 0.2) is 60.7 Å². The first-order chi connectivity index (χ1) is 21.4. The highest BCUT2D eigenvalue weighted by Gasteiger charge is 2.34. The van der Waals surface area contributed by atoms with E-state index in [0.717, 1.165) is 5.56 Å². The van der Waals surface area contributed by atoms with Crippen molar-refractivity contribution < 1.29 is 38.9 Å². The molecule has 0 saturated carbocycles. The van der Waals surface area contributed by atoms with Gasteiger partial charge in [0.05, 0.1) is 17.5 Å². The first kappa shape index (κ1) is 37.9. The zero-order chi connectivity index (χ0) is 33.4. The average Bonchev–Trinajstić information content (AvgIpc) is 3.03. The number of rotatable bonds is 19. The fourth-order valence-electron chi connectivity index (χ4n) is 4.19. The summed E-state index contributed by atoms with van der Waals surface area (Å²) in [5.74, 6) is -3.66. The number of nitrogens with one attached hydrogen (secondary N) is 3. The van der Waals surface area contributed by atoms with E-state index in [1.165, 1.54) is 6.92 Å². The topological polar surface area (TPSA) is 197 Å². The molecule has 2 aromatic rings. The Morgan fingerprint density at radius 1 is 0.844 bits per heavy atom. The number of carbonyl (C=O) groups is 5. The number of benzene rings is 2. The third kappa shape index (κ3) is 13.3. The van der Waals surface area contributed by atoms with Gasteiger partial charge in [0.15, 0.2) is 0 Å². The SMILES string of the molecule is C[C@@H](O)[C@H](NC(=O)C(Br)C(Br)c1ccccc1)C(=O)N[C@@H](Cc1ccccc1)C(=O)N[C@@H](CCC(N)=O)C(=O)OCCCCO. The molecular weight excluding hydrogens is 716 g/mol. The lowest BCUT2D eigenvalue weighted by molar-refractivity contribution is -0.148. The number of primary amides is 1. The second-order valence-electron chi connectivity index (χ2n) is 10.4. The Bertz CT molecular complexity index is 1250. The number of hydrogen-bond acceptors (Lipinski definition) is 8. The first-order valence-electron chi connectivity index (χ1n) is 14.5. The highest BCUT2D eigenvalue weighted by molar-refractivity contribution is 9.12. The van der Waals surface area contributed by atoms with E-state index >= 15 is 0 Å². The van der Waals surface area contributed by atoms with Gasteiger partial charge in [0.1, 0.15) is 23.0 Å². The molecule has 0 aliphatic rings. The van der Waals surface area contributed by atoms with E-state index in [9.17, 15) is 29.1 Å². The number of unbranched alkanes of at least 4 members (excludes halogenated alkanes) is 1. The summed E-state index contributed by atoms with van der Waals surface area (Å²) in [6.45, 7) is 1.25. The molecule has 0 heterocycles. The van der Waals surface area contributed by atoms with Crippen molar-refractivity contribution in [2.45, 2.75) is 72.9 Å². The molecule has 7 N–H and O–H groups in total. The molecule has 0 radical (unpaired) electrons. The molecule has 12 nitrogen and oxygen atoms in total. The van der Waals surface area contributed by atoms with Gasteiger partial charge in [-0.25, -0.2) is 4.79 Å². The Morgan fingerprint density at radius 2 is 1.44 bits per heavy atom. The van der Waals surface area contributed by atoms with Crippen molar-refractivity contribution in [1.82, 2.24) is 16.0 Å². The first-order valence-corrected chi connectivity index (χ1v) is 16.3. The third-order valence-corrected chi connectivity index (χ3v) is 9.39. The van der Waals surface area contributed by atoms with Gasteiger partial charge in [-0.1, -0.05) is 92.5 Å². The molecule has 2 rings (SSSR count). The molecule has 0 spiro atoms. The summed E-state index contributed by atoms with van der Waals surface area (Å²) in [5.41, 5.74) is 6.75. The highest BCUT2D eigenvalue weighted by Crippen LogP contribution is 2.31. The molecule has 2 aromatic carbocycles. The number of amides is 4. The van der Waals surface area contributed by atoms with Gasteiger partial charge in [-0.3, -0.25) is 19.2 Å². The van der Waals surface area contributed by atoms with Crippen molar-refractivity contribution in [2.75, 3.05) is 13.2 Å². The van der Waals surface area contributed by atoms with Crippen molar-refractivity contribution in [1.29, 1.82) is 0 Å². The second-order valence-corrected chi connectivity index (χ2v) is 12.3. The summed E-state index contributed by atoms with van der Waals surface area (Å²) < 4.78 is 5.21. The minimum atomic E-state index is -1.43. The Kier molecular flexibility index (Phi) is 16.8. The molecule has 2 unspecified atom stereocenters. The van der Waals surface area contributed by atoms with E-state index in [1.54, 1.807) is 30.3 Å². The minimum absolute atomic E-state index is 0.00359. The molecule has 4 amide bonds. The molecule has 45 heavy (non-hydrogen) atoms. The van der Waals surface area contributed by atoms with Gasteiger partial charge in [0.2, 0.25) is 23.6 Å². The summed E-state index contributed by atoms with van der Waals surface area (Å²) in [4.78, 5) is 63.0. The number of aliphatic hydroxyl groups is 2. The van der Waals surface area contributed by atoms with Crippen LogP contribution in [-0.2, 0) is 35.1 Å². The highest BCUT2D eigenvalue weighted by atomic mass is 79.9. The standard InChI is InChI=1S/C31H40Br2N4O8/c1-19(39)27(37-29(42)26(33)25(32)21-12-6-3-7-13-21)30(43)36-23(18-20-10-4-2-5-11-20)28(41)35-22(14-15-24(34)40)31(44)45-17-9-8-16-38/h2-7,10-13,19,22-23,25-27,38-39H,8-9,14-18H2,1H3,(H2,34,40)(H,35,41)(H,36,43)(H,37,42)/t19-,22+,23+,25?,26?,27+/m1/s1. The number of ether oxygens (including phenoxy) is 1. The predicted molar refractivity (Wildman–Crippen MR) is 174 cm³/mol. The van der Waals surface area contributed by atoms with Crippen LogP contribution in [0.25, 0.3) is 0 Å². The fraction of sp³-hybridized carbons (Fsp3) is 0.452. The van der Waals surface area contributed by atoms with E-state index in [1.807, 2.05) is 30.3 Å². The number of nitrogens with two attached hydrogens (primary N) is 1. The lowest BCUT2D eigenvalue weighted by Gasteiger charge is -2.27.